The van der Waals surface area contributed by atoms with E-state index in [0.29, 0.717) is 31.5 Å². The Bertz CT molecular complexity index is 1160. The van der Waals surface area contributed by atoms with Crippen LogP contribution in [0.5, 0.6) is 0 Å². The van der Waals surface area contributed by atoms with Gasteiger partial charge in [0.05, 0.1) is 0 Å². The molecule has 32 heavy (non-hydrogen) atoms. The number of nitrogens with one attached hydrogen (secondary N) is 1. The maximum atomic E-state index is 12.8. The van der Waals surface area contributed by atoms with Gasteiger partial charge in [-0.15, -0.1) is 0 Å². The van der Waals surface area contributed by atoms with Gasteiger partial charge in [-0.05, 0) is 67.4 Å². The molecule has 0 saturated carbocycles. The Hall–Kier alpha value is -3.36. The van der Waals surface area contributed by atoms with E-state index in [4.69, 9.17) is 0 Å². The van der Waals surface area contributed by atoms with Crippen LogP contribution in [-0.4, -0.2) is 29.8 Å². The van der Waals surface area contributed by atoms with Crippen LogP contribution in [0.25, 0.3) is 0 Å². The maximum absolute atomic E-state index is 12.8. The van der Waals surface area contributed by atoms with Gasteiger partial charge in [0, 0.05) is 45.9 Å². The zero-order valence-corrected chi connectivity index (χ0v) is 19.1. The highest BCUT2D eigenvalue weighted by Gasteiger charge is 2.27. The highest BCUT2D eigenvalue weighted by atomic mass is 79.9. The molecule has 1 aliphatic heterocycles. The largest absolute Gasteiger partial charge is 0.339 e. The number of likely N-dealkylation sites (tertiary alicyclic amines) is 1. The van der Waals surface area contributed by atoms with Crippen molar-refractivity contribution in [2.45, 2.75) is 12.8 Å². The van der Waals surface area contributed by atoms with Crippen LogP contribution in [0.15, 0.2) is 83.3 Å². The molecule has 0 bridgehead atoms. The van der Waals surface area contributed by atoms with Crippen molar-refractivity contribution < 1.29 is 9.59 Å². The number of halogens is 1. The number of carbonyl (C=O) groups is 2. The number of anilines is 1. The van der Waals surface area contributed by atoms with Crippen LogP contribution >= 0.6 is 15.9 Å². The van der Waals surface area contributed by atoms with Gasteiger partial charge in [-0.25, -0.2) is 0 Å². The number of carbonyl (C=O) groups excluding carboxylic acids is 2. The number of rotatable bonds is 3. The molecule has 4 nitrogen and oxygen atoms in total. The fourth-order valence-electron chi connectivity index (χ4n) is 3.70. The number of nitrogens with zero attached hydrogens (tertiary/aromatic N) is 1. The van der Waals surface area contributed by atoms with E-state index in [1.807, 2.05) is 83.8 Å². The van der Waals surface area contributed by atoms with Gasteiger partial charge in [-0.3, -0.25) is 9.59 Å². The van der Waals surface area contributed by atoms with Crippen molar-refractivity contribution in [1.82, 2.24) is 4.90 Å². The van der Waals surface area contributed by atoms with E-state index in [0.717, 1.165) is 21.3 Å². The van der Waals surface area contributed by atoms with Gasteiger partial charge in [0.1, 0.15) is 0 Å². The molecular formula is C27H23BrN2O2. The van der Waals surface area contributed by atoms with Crippen LogP contribution in [0.1, 0.15) is 34.3 Å². The van der Waals surface area contributed by atoms with Gasteiger partial charge in [-0.2, -0.15) is 0 Å². The summed E-state index contributed by atoms with van der Waals surface area (Å²) in [7, 11) is 0. The quantitative estimate of drug-likeness (QED) is 0.507. The SMILES string of the molecule is O=C(Nc1cccc(C#Cc2ccccc2)c1)C1CCN(C(=O)c2ccc(Br)cc2)CC1. The lowest BCUT2D eigenvalue weighted by molar-refractivity contribution is -0.121. The standard InChI is InChI=1S/C27H23BrN2O2/c28-24-13-11-23(12-14-24)27(32)30-17-15-22(16-18-30)26(31)29-25-8-4-7-21(19-25)10-9-20-5-2-1-3-6-20/h1-8,11-14,19,22H,15-18H2,(H,29,31). The smallest absolute Gasteiger partial charge is 0.253 e. The van der Waals surface area contributed by atoms with Crippen LogP contribution in [0.3, 0.4) is 0 Å². The molecule has 3 aromatic rings. The second-order valence-corrected chi connectivity index (χ2v) is 8.68. The van der Waals surface area contributed by atoms with Gasteiger partial charge in [0.25, 0.3) is 5.91 Å². The fourth-order valence-corrected chi connectivity index (χ4v) is 3.97. The minimum Gasteiger partial charge on any atom is -0.339 e. The predicted molar refractivity (Wildman–Crippen MR) is 130 cm³/mol. The Morgan fingerprint density at radius 3 is 2.22 bits per heavy atom. The molecule has 0 atom stereocenters. The van der Waals surface area contributed by atoms with Crippen LogP contribution in [0, 0.1) is 17.8 Å². The number of amides is 2. The van der Waals surface area contributed by atoms with E-state index in [1.54, 1.807) is 0 Å². The average molecular weight is 487 g/mol. The van der Waals surface area contributed by atoms with E-state index in [-0.39, 0.29) is 17.7 Å². The highest BCUT2D eigenvalue weighted by Crippen LogP contribution is 2.22. The second kappa shape index (κ2) is 10.3. The normalized spacial score (nSPS) is 13.7. The first-order valence-corrected chi connectivity index (χ1v) is 11.4. The van der Waals surface area contributed by atoms with Crippen LogP contribution < -0.4 is 5.32 Å². The Morgan fingerprint density at radius 2 is 1.50 bits per heavy atom. The zero-order chi connectivity index (χ0) is 22.3. The molecule has 3 aromatic carbocycles. The number of hydrogen-bond donors (Lipinski definition) is 1. The molecule has 1 aliphatic rings. The van der Waals surface area contributed by atoms with E-state index >= 15 is 0 Å². The highest BCUT2D eigenvalue weighted by molar-refractivity contribution is 9.10. The summed E-state index contributed by atoms with van der Waals surface area (Å²) in [6, 6.07) is 24.8. The summed E-state index contributed by atoms with van der Waals surface area (Å²) >= 11 is 3.39. The summed E-state index contributed by atoms with van der Waals surface area (Å²) < 4.78 is 0.944. The topological polar surface area (TPSA) is 49.4 Å². The molecule has 1 N–H and O–H groups in total. The summed E-state index contributed by atoms with van der Waals surface area (Å²) in [4.78, 5) is 27.3. The lowest BCUT2D eigenvalue weighted by Gasteiger charge is -2.31. The molecule has 0 aliphatic carbocycles. The van der Waals surface area contributed by atoms with Gasteiger partial charge >= 0.3 is 0 Å². The van der Waals surface area contributed by atoms with Crippen molar-refractivity contribution in [3.05, 3.63) is 100 Å². The van der Waals surface area contributed by atoms with E-state index in [1.165, 1.54) is 0 Å². The molecule has 1 heterocycles. The van der Waals surface area contributed by atoms with Crippen LogP contribution in [-0.2, 0) is 4.79 Å². The third-order valence-corrected chi connectivity index (χ3v) is 6.03. The Kier molecular flexibility index (Phi) is 7.03. The van der Waals surface area contributed by atoms with Crippen molar-refractivity contribution in [2.24, 2.45) is 5.92 Å². The third kappa shape index (κ3) is 5.66. The van der Waals surface area contributed by atoms with E-state index in [9.17, 15) is 9.59 Å². The molecule has 0 aromatic heterocycles. The Balaban J connectivity index is 1.33. The molecule has 0 spiro atoms. The van der Waals surface area contributed by atoms with E-state index in [2.05, 4.69) is 33.1 Å². The minimum absolute atomic E-state index is 0.00564. The maximum Gasteiger partial charge on any atom is 0.253 e. The van der Waals surface area contributed by atoms with Crippen molar-refractivity contribution in [3.8, 4) is 11.8 Å². The molecule has 4 rings (SSSR count). The lowest BCUT2D eigenvalue weighted by atomic mass is 9.95. The second-order valence-electron chi connectivity index (χ2n) is 7.76. The van der Waals surface area contributed by atoms with Crippen molar-refractivity contribution in [2.75, 3.05) is 18.4 Å². The molecule has 1 fully saturated rings. The van der Waals surface area contributed by atoms with Crippen LogP contribution in [0.4, 0.5) is 5.69 Å². The monoisotopic (exact) mass is 486 g/mol. The molecular weight excluding hydrogens is 464 g/mol. The zero-order valence-electron chi connectivity index (χ0n) is 17.6. The minimum atomic E-state index is -0.108. The summed E-state index contributed by atoms with van der Waals surface area (Å²) in [5.41, 5.74) is 3.21. The number of hydrogen-bond acceptors (Lipinski definition) is 2. The first kappa shape index (κ1) is 21.9. The summed E-state index contributed by atoms with van der Waals surface area (Å²) in [5.74, 6) is 6.18. The first-order valence-electron chi connectivity index (χ1n) is 10.6. The van der Waals surface area contributed by atoms with Gasteiger partial charge in [0.15, 0.2) is 0 Å². The third-order valence-electron chi connectivity index (χ3n) is 5.50. The van der Waals surface area contributed by atoms with Gasteiger partial charge in [0.2, 0.25) is 5.91 Å². The van der Waals surface area contributed by atoms with Crippen molar-refractivity contribution in [1.29, 1.82) is 0 Å². The van der Waals surface area contributed by atoms with Crippen molar-refractivity contribution >= 4 is 33.4 Å². The fraction of sp³-hybridized carbons (Fsp3) is 0.185. The number of benzene rings is 3. The number of piperidine rings is 1. The molecule has 1 saturated heterocycles. The average Bonchev–Trinajstić information content (AvgIpc) is 2.84. The van der Waals surface area contributed by atoms with Gasteiger partial charge in [-0.1, -0.05) is 52.0 Å². The lowest BCUT2D eigenvalue weighted by Crippen LogP contribution is -2.41. The first-order chi connectivity index (χ1) is 15.6. The molecule has 5 heteroatoms. The van der Waals surface area contributed by atoms with Crippen molar-refractivity contribution in [3.63, 3.8) is 0 Å². The summed E-state index contributed by atoms with van der Waals surface area (Å²) in [5, 5.41) is 3.02. The summed E-state index contributed by atoms with van der Waals surface area (Å²) in [6.07, 6.45) is 1.31. The Morgan fingerprint density at radius 1 is 0.844 bits per heavy atom. The molecule has 0 unspecified atom stereocenters. The predicted octanol–water partition coefficient (Wildman–Crippen LogP) is 5.34. The molecule has 0 radical (unpaired) electrons. The Labute approximate surface area is 196 Å². The summed E-state index contributed by atoms with van der Waals surface area (Å²) in [6.45, 7) is 1.16. The van der Waals surface area contributed by atoms with Gasteiger partial charge < -0.3 is 10.2 Å². The molecule has 160 valence electrons. The van der Waals surface area contributed by atoms with Crippen LogP contribution in [0.2, 0.25) is 0 Å². The van der Waals surface area contributed by atoms with E-state index < -0.39 is 0 Å². The molecule has 2 amide bonds.